The second-order valence-corrected chi connectivity index (χ2v) is 6.92. The third-order valence-electron chi connectivity index (χ3n) is 5.16. The summed E-state index contributed by atoms with van der Waals surface area (Å²) < 4.78 is 5.15. The Kier molecular flexibility index (Phi) is 6.06. The lowest BCUT2D eigenvalue weighted by molar-refractivity contribution is -0.150. The van der Waals surface area contributed by atoms with Gasteiger partial charge >= 0.3 is 5.97 Å². The van der Waals surface area contributed by atoms with Gasteiger partial charge in [-0.05, 0) is 64.6 Å². The van der Waals surface area contributed by atoms with E-state index in [0.717, 1.165) is 38.8 Å². The molecule has 21 heavy (non-hydrogen) atoms. The number of ether oxygens (including phenoxy) is 1. The van der Waals surface area contributed by atoms with Crippen LogP contribution >= 0.6 is 0 Å². The fraction of sp³-hybridized carbons (Fsp3) is 0.941. The predicted molar refractivity (Wildman–Crippen MR) is 85.3 cm³/mol. The molecular weight excluding hydrogens is 264 g/mol. The highest BCUT2D eigenvalue weighted by Gasteiger charge is 2.51. The van der Waals surface area contributed by atoms with E-state index >= 15 is 0 Å². The first-order valence-corrected chi connectivity index (χ1v) is 8.67. The normalized spacial score (nSPS) is 29.0. The summed E-state index contributed by atoms with van der Waals surface area (Å²) in [6, 6.07) is 0.544. The summed E-state index contributed by atoms with van der Waals surface area (Å²) in [6.45, 7) is 4.47. The summed E-state index contributed by atoms with van der Waals surface area (Å²) in [6.07, 6.45) is 9.24. The van der Waals surface area contributed by atoms with Crippen LogP contribution in [0.5, 0.6) is 0 Å². The molecular formula is C17H32N2O2. The van der Waals surface area contributed by atoms with Gasteiger partial charge in [0, 0.05) is 6.04 Å². The maximum atomic E-state index is 12.4. The molecule has 2 fully saturated rings. The van der Waals surface area contributed by atoms with Crippen molar-refractivity contribution in [3.63, 3.8) is 0 Å². The molecule has 1 N–H and O–H groups in total. The van der Waals surface area contributed by atoms with Crippen LogP contribution in [0.25, 0.3) is 0 Å². The highest BCUT2D eigenvalue weighted by atomic mass is 16.5. The second-order valence-electron chi connectivity index (χ2n) is 6.92. The highest BCUT2D eigenvalue weighted by Crippen LogP contribution is 2.41. The van der Waals surface area contributed by atoms with Gasteiger partial charge in [-0.2, -0.15) is 0 Å². The van der Waals surface area contributed by atoms with E-state index in [-0.39, 0.29) is 5.97 Å². The lowest BCUT2D eigenvalue weighted by atomic mass is 9.84. The SMILES string of the molecule is CCCCN(C)CCC1CCCC1(NC1CC1)C(=O)OC. The van der Waals surface area contributed by atoms with Gasteiger partial charge in [0.05, 0.1) is 7.11 Å². The molecule has 2 atom stereocenters. The average molecular weight is 296 g/mol. The van der Waals surface area contributed by atoms with Gasteiger partial charge < -0.3 is 9.64 Å². The van der Waals surface area contributed by atoms with Crippen LogP contribution in [0.1, 0.15) is 58.3 Å². The number of unbranched alkanes of at least 4 members (excludes halogenated alkanes) is 1. The van der Waals surface area contributed by atoms with Crippen molar-refractivity contribution < 1.29 is 9.53 Å². The maximum Gasteiger partial charge on any atom is 0.326 e. The zero-order valence-corrected chi connectivity index (χ0v) is 14.0. The van der Waals surface area contributed by atoms with Gasteiger partial charge in [-0.15, -0.1) is 0 Å². The van der Waals surface area contributed by atoms with Crippen LogP contribution in [0.4, 0.5) is 0 Å². The van der Waals surface area contributed by atoms with Crippen LogP contribution in [0, 0.1) is 5.92 Å². The summed E-state index contributed by atoms with van der Waals surface area (Å²) in [7, 11) is 3.72. The van der Waals surface area contributed by atoms with Crippen molar-refractivity contribution in [3.8, 4) is 0 Å². The number of esters is 1. The fourth-order valence-electron chi connectivity index (χ4n) is 3.68. The Bertz CT molecular complexity index is 344. The summed E-state index contributed by atoms with van der Waals surface area (Å²) >= 11 is 0. The van der Waals surface area contributed by atoms with Crippen LogP contribution in [0.3, 0.4) is 0 Å². The van der Waals surface area contributed by atoms with E-state index in [2.05, 4.69) is 24.2 Å². The molecule has 122 valence electrons. The quantitative estimate of drug-likeness (QED) is 0.664. The molecule has 0 spiro atoms. The molecule has 4 heteroatoms. The Hall–Kier alpha value is -0.610. The number of hydrogen-bond donors (Lipinski definition) is 1. The lowest BCUT2D eigenvalue weighted by Crippen LogP contribution is -2.56. The first kappa shape index (κ1) is 16.8. The number of methoxy groups -OCH3 is 1. The van der Waals surface area contributed by atoms with Gasteiger partial charge in [0.2, 0.25) is 0 Å². The molecule has 0 amide bonds. The number of carbonyl (C=O) groups is 1. The molecule has 0 bridgehead atoms. The number of hydrogen-bond acceptors (Lipinski definition) is 4. The van der Waals surface area contributed by atoms with Crippen LogP contribution in [0.15, 0.2) is 0 Å². The molecule has 2 saturated carbocycles. The molecule has 2 unspecified atom stereocenters. The molecule has 0 aliphatic heterocycles. The maximum absolute atomic E-state index is 12.4. The number of nitrogens with one attached hydrogen (secondary N) is 1. The smallest absolute Gasteiger partial charge is 0.326 e. The largest absolute Gasteiger partial charge is 0.468 e. The Morgan fingerprint density at radius 3 is 2.71 bits per heavy atom. The third kappa shape index (κ3) is 4.19. The van der Waals surface area contributed by atoms with Crippen LogP contribution in [-0.4, -0.2) is 49.7 Å². The van der Waals surface area contributed by atoms with Crippen molar-refractivity contribution in [2.75, 3.05) is 27.2 Å². The molecule has 0 heterocycles. The van der Waals surface area contributed by atoms with Gasteiger partial charge in [-0.3, -0.25) is 10.1 Å². The van der Waals surface area contributed by atoms with Crippen molar-refractivity contribution in [2.45, 2.75) is 69.9 Å². The molecule has 0 saturated heterocycles. The molecule has 2 aliphatic rings. The Morgan fingerprint density at radius 1 is 1.33 bits per heavy atom. The molecule has 0 radical (unpaired) electrons. The Labute approximate surface area is 129 Å². The summed E-state index contributed by atoms with van der Waals surface area (Å²) in [5.74, 6) is 0.391. The van der Waals surface area contributed by atoms with Gasteiger partial charge in [0.1, 0.15) is 5.54 Å². The van der Waals surface area contributed by atoms with E-state index in [9.17, 15) is 4.79 Å². The molecule has 2 rings (SSSR count). The molecule has 0 aromatic heterocycles. The fourth-order valence-corrected chi connectivity index (χ4v) is 3.68. The van der Waals surface area contributed by atoms with Crippen molar-refractivity contribution in [2.24, 2.45) is 5.92 Å². The minimum absolute atomic E-state index is 0.0342. The Morgan fingerprint density at radius 2 is 2.10 bits per heavy atom. The van der Waals surface area contributed by atoms with Crippen LogP contribution < -0.4 is 5.32 Å². The molecule has 4 nitrogen and oxygen atoms in total. The molecule has 2 aliphatic carbocycles. The zero-order valence-electron chi connectivity index (χ0n) is 14.0. The van der Waals surface area contributed by atoms with E-state index in [4.69, 9.17) is 4.74 Å². The zero-order chi connectivity index (χ0) is 15.3. The standard InChI is InChI=1S/C17H32N2O2/c1-4-5-12-19(2)13-10-14-7-6-11-17(14,16(20)21-3)18-15-8-9-15/h14-15,18H,4-13H2,1-3H3. The Balaban J connectivity index is 1.93. The number of nitrogens with zero attached hydrogens (tertiary/aromatic N) is 1. The number of carbonyl (C=O) groups excluding carboxylic acids is 1. The molecule has 0 aromatic carbocycles. The monoisotopic (exact) mass is 296 g/mol. The predicted octanol–water partition coefficient (Wildman–Crippen LogP) is 2.57. The second kappa shape index (κ2) is 7.59. The van der Waals surface area contributed by atoms with Gasteiger partial charge in [-0.1, -0.05) is 19.8 Å². The lowest BCUT2D eigenvalue weighted by Gasteiger charge is -2.35. The van der Waals surface area contributed by atoms with Crippen molar-refractivity contribution in [1.82, 2.24) is 10.2 Å². The average Bonchev–Trinajstić information content (AvgIpc) is 3.20. The van der Waals surface area contributed by atoms with Crippen LogP contribution in [0.2, 0.25) is 0 Å². The summed E-state index contributed by atoms with van der Waals surface area (Å²) in [4.78, 5) is 14.8. The van der Waals surface area contributed by atoms with E-state index < -0.39 is 5.54 Å². The van der Waals surface area contributed by atoms with E-state index in [0.29, 0.717) is 12.0 Å². The number of rotatable bonds is 9. The minimum Gasteiger partial charge on any atom is -0.468 e. The van der Waals surface area contributed by atoms with Crippen molar-refractivity contribution in [1.29, 1.82) is 0 Å². The first-order valence-electron chi connectivity index (χ1n) is 8.67. The highest BCUT2D eigenvalue weighted by molar-refractivity contribution is 5.81. The van der Waals surface area contributed by atoms with Gasteiger partial charge in [-0.25, -0.2) is 0 Å². The van der Waals surface area contributed by atoms with E-state index in [1.807, 2.05) is 0 Å². The van der Waals surface area contributed by atoms with Crippen molar-refractivity contribution in [3.05, 3.63) is 0 Å². The van der Waals surface area contributed by atoms with E-state index in [1.165, 1.54) is 32.8 Å². The van der Waals surface area contributed by atoms with Gasteiger partial charge in [0.25, 0.3) is 0 Å². The van der Waals surface area contributed by atoms with E-state index in [1.54, 1.807) is 0 Å². The summed E-state index contributed by atoms with van der Waals surface area (Å²) in [5, 5.41) is 3.64. The third-order valence-corrected chi connectivity index (χ3v) is 5.16. The van der Waals surface area contributed by atoms with Gasteiger partial charge in [0.15, 0.2) is 0 Å². The minimum atomic E-state index is -0.401. The summed E-state index contributed by atoms with van der Waals surface area (Å²) in [5.41, 5.74) is -0.401. The topological polar surface area (TPSA) is 41.6 Å². The van der Waals surface area contributed by atoms with Crippen LogP contribution in [-0.2, 0) is 9.53 Å². The van der Waals surface area contributed by atoms with Crippen molar-refractivity contribution >= 4 is 5.97 Å². The first-order chi connectivity index (χ1) is 10.1. The molecule has 0 aromatic rings.